The molecule has 1 saturated heterocycles. The molecule has 1 unspecified atom stereocenters. The van der Waals surface area contributed by atoms with Crippen LogP contribution in [0.1, 0.15) is 17.3 Å². The van der Waals surface area contributed by atoms with Crippen LogP contribution in [0.25, 0.3) is 0 Å². The van der Waals surface area contributed by atoms with E-state index in [0.29, 0.717) is 36.8 Å². The molecule has 0 spiro atoms. The summed E-state index contributed by atoms with van der Waals surface area (Å²) >= 11 is 0. The van der Waals surface area contributed by atoms with Gasteiger partial charge in [-0.25, -0.2) is 0 Å². The summed E-state index contributed by atoms with van der Waals surface area (Å²) in [6.45, 7) is 5.39. The lowest BCUT2D eigenvalue weighted by Crippen LogP contribution is -2.45. The Hall–Kier alpha value is -1.79. The van der Waals surface area contributed by atoms with Crippen LogP contribution in [-0.4, -0.2) is 56.8 Å². The standard InChI is InChI=1S/C15H23N3O3/c1-3-20-14-5-4-11(8-13(14)16)15(19)17-9-12-10-18(2)6-7-21-12/h4-5,8,12H,3,6-7,9-10,16H2,1-2H3,(H,17,19). The van der Waals surface area contributed by atoms with Crippen molar-refractivity contribution in [2.24, 2.45) is 0 Å². The van der Waals surface area contributed by atoms with E-state index in [-0.39, 0.29) is 12.0 Å². The average molecular weight is 293 g/mol. The second-order valence-corrected chi connectivity index (χ2v) is 5.15. The predicted octanol–water partition coefficient (Wildman–Crippen LogP) is 0.728. The van der Waals surface area contributed by atoms with Crippen LogP contribution in [-0.2, 0) is 4.74 Å². The molecular formula is C15H23N3O3. The zero-order chi connectivity index (χ0) is 15.2. The second kappa shape index (κ2) is 7.28. The topological polar surface area (TPSA) is 76.8 Å². The predicted molar refractivity (Wildman–Crippen MR) is 81.6 cm³/mol. The number of hydrogen-bond acceptors (Lipinski definition) is 5. The van der Waals surface area contributed by atoms with E-state index in [1.807, 2.05) is 14.0 Å². The first-order valence-electron chi connectivity index (χ1n) is 7.20. The van der Waals surface area contributed by atoms with Gasteiger partial charge in [-0.05, 0) is 32.2 Å². The lowest BCUT2D eigenvalue weighted by molar-refractivity contribution is -0.0175. The SMILES string of the molecule is CCOc1ccc(C(=O)NCC2CN(C)CCO2)cc1N. The van der Waals surface area contributed by atoms with E-state index < -0.39 is 0 Å². The number of carbonyl (C=O) groups is 1. The third-order valence-electron chi connectivity index (χ3n) is 3.40. The van der Waals surface area contributed by atoms with E-state index in [9.17, 15) is 4.79 Å². The van der Waals surface area contributed by atoms with Crippen LogP contribution in [0.3, 0.4) is 0 Å². The summed E-state index contributed by atoms with van der Waals surface area (Å²) < 4.78 is 11.0. The minimum absolute atomic E-state index is 0.0349. The van der Waals surface area contributed by atoms with Gasteiger partial charge in [0.25, 0.3) is 5.91 Å². The highest BCUT2D eigenvalue weighted by molar-refractivity contribution is 5.95. The van der Waals surface area contributed by atoms with Crippen LogP contribution < -0.4 is 15.8 Å². The van der Waals surface area contributed by atoms with Gasteiger partial charge in [0.2, 0.25) is 0 Å². The van der Waals surface area contributed by atoms with Gasteiger partial charge in [-0.3, -0.25) is 4.79 Å². The van der Waals surface area contributed by atoms with Crippen molar-refractivity contribution in [1.29, 1.82) is 0 Å². The van der Waals surface area contributed by atoms with Gasteiger partial charge >= 0.3 is 0 Å². The van der Waals surface area contributed by atoms with E-state index in [1.54, 1.807) is 18.2 Å². The Morgan fingerprint density at radius 3 is 3.05 bits per heavy atom. The molecule has 1 fully saturated rings. The van der Waals surface area contributed by atoms with Crippen molar-refractivity contribution >= 4 is 11.6 Å². The smallest absolute Gasteiger partial charge is 0.251 e. The molecule has 1 aliphatic rings. The summed E-state index contributed by atoms with van der Waals surface area (Å²) in [5, 5.41) is 2.88. The number of amides is 1. The van der Waals surface area contributed by atoms with Crippen molar-refractivity contribution in [3.05, 3.63) is 23.8 Å². The molecule has 2 rings (SSSR count). The van der Waals surface area contributed by atoms with E-state index in [4.69, 9.17) is 15.2 Å². The summed E-state index contributed by atoms with van der Waals surface area (Å²) in [5.41, 5.74) is 6.86. The molecule has 0 radical (unpaired) electrons. The zero-order valence-corrected chi connectivity index (χ0v) is 12.6. The Morgan fingerprint density at radius 1 is 1.57 bits per heavy atom. The molecule has 6 nitrogen and oxygen atoms in total. The van der Waals surface area contributed by atoms with E-state index in [1.165, 1.54) is 0 Å². The van der Waals surface area contributed by atoms with Gasteiger partial charge in [0, 0.05) is 25.2 Å². The first-order valence-corrected chi connectivity index (χ1v) is 7.20. The highest BCUT2D eigenvalue weighted by Gasteiger charge is 2.18. The molecule has 0 aliphatic carbocycles. The van der Waals surface area contributed by atoms with Crippen molar-refractivity contribution < 1.29 is 14.3 Å². The number of ether oxygens (including phenoxy) is 2. The van der Waals surface area contributed by atoms with Gasteiger partial charge in [0.1, 0.15) is 5.75 Å². The van der Waals surface area contributed by atoms with Gasteiger partial charge in [-0.15, -0.1) is 0 Å². The minimum atomic E-state index is -0.151. The van der Waals surface area contributed by atoms with Crippen molar-refractivity contribution in [2.75, 3.05) is 45.6 Å². The van der Waals surface area contributed by atoms with E-state index in [0.717, 1.165) is 13.1 Å². The molecule has 0 bridgehead atoms. The molecule has 1 atom stereocenters. The maximum atomic E-state index is 12.1. The van der Waals surface area contributed by atoms with Gasteiger partial charge in [-0.2, -0.15) is 0 Å². The Labute approximate surface area is 125 Å². The molecule has 116 valence electrons. The molecule has 0 saturated carbocycles. The van der Waals surface area contributed by atoms with Gasteiger partial charge in [0.15, 0.2) is 0 Å². The number of morpholine rings is 1. The summed E-state index contributed by atoms with van der Waals surface area (Å²) in [6.07, 6.45) is 0.0349. The largest absolute Gasteiger partial charge is 0.492 e. The molecule has 1 aliphatic heterocycles. The summed E-state index contributed by atoms with van der Waals surface area (Å²) in [7, 11) is 2.05. The number of carbonyl (C=O) groups excluding carboxylic acids is 1. The summed E-state index contributed by atoms with van der Waals surface area (Å²) in [5.74, 6) is 0.452. The van der Waals surface area contributed by atoms with Gasteiger partial charge in [0.05, 0.1) is 25.0 Å². The number of likely N-dealkylation sites (N-methyl/N-ethyl adjacent to an activating group) is 1. The van der Waals surface area contributed by atoms with Crippen LogP contribution in [0.2, 0.25) is 0 Å². The molecular weight excluding hydrogens is 270 g/mol. The number of hydrogen-bond donors (Lipinski definition) is 2. The highest BCUT2D eigenvalue weighted by Crippen LogP contribution is 2.22. The Kier molecular flexibility index (Phi) is 5.41. The molecule has 0 aromatic heterocycles. The monoisotopic (exact) mass is 293 g/mol. The molecule has 6 heteroatoms. The van der Waals surface area contributed by atoms with Crippen molar-refractivity contribution in [3.63, 3.8) is 0 Å². The van der Waals surface area contributed by atoms with E-state index in [2.05, 4.69) is 10.2 Å². The maximum Gasteiger partial charge on any atom is 0.251 e. The molecule has 1 aromatic rings. The zero-order valence-electron chi connectivity index (χ0n) is 12.6. The normalized spacial score (nSPS) is 19.2. The molecule has 21 heavy (non-hydrogen) atoms. The maximum absolute atomic E-state index is 12.1. The fraction of sp³-hybridized carbons (Fsp3) is 0.533. The third kappa shape index (κ3) is 4.34. The Balaban J connectivity index is 1.89. The van der Waals surface area contributed by atoms with Crippen molar-refractivity contribution in [3.8, 4) is 5.75 Å². The van der Waals surface area contributed by atoms with Crippen molar-refractivity contribution in [1.82, 2.24) is 10.2 Å². The minimum Gasteiger partial charge on any atom is -0.492 e. The number of nitrogens with zero attached hydrogens (tertiary/aromatic N) is 1. The lowest BCUT2D eigenvalue weighted by atomic mass is 10.1. The fourth-order valence-corrected chi connectivity index (χ4v) is 2.28. The Morgan fingerprint density at radius 2 is 2.38 bits per heavy atom. The van der Waals surface area contributed by atoms with Crippen LogP contribution in [0.4, 0.5) is 5.69 Å². The first-order chi connectivity index (χ1) is 10.1. The first kappa shape index (κ1) is 15.6. The van der Waals surface area contributed by atoms with Gasteiger partial charge in [-0.1, -0.05) is 0 Å². The number of rotatable bonds is 5. The summed E-state index contributed by atoms with van der Waals surface area (Å²) in [4.78, 5) is 14.3. The molecule has 1 amide bonds. The molecule has 1 heterocycles. The summed E-state index contributed by atoms with van der Waals surface area (Å²) in [6, 6.07) is 5.07. The quantitative estimate of drug-likeness (QED) is 0.783. The fourth-order valence-electron chi connectivity index (χ4n) is 2.28. The van der Waals surface area contributed by atoms with Gasteiger partial charge < -0.3 is 25.4 Å². The second-order valence-electron chi connectivity index (χ2n) is 5.15. The van der Waals surface area contributed by atoms with E-state index >= 15 is 0 Å². The molecule has 1 aromatic carbocycles. The number of nitrogen functional groups attached to an aromatic ring is 1. The number of nitrogens with one attached hydrogen (secondary N) is 1. The lowest BCUT2D eigenvalue weighted by Gasteiger charge is -2.30. The van der Waals surface area contributed by atoms with Crippen LogP contribution >= 0.6 is 0 Å². The number of nitrogens with two attached hydrogens (primary N) is 1. The average Bonchev–Trinajstić information content (AvgIpc) is 2.47. The Bertz CT molecular complexity index is 493. The van der Waals surface area contributed by atoms with Crippen molar-refractivity contribution in [2.45, 2.75) is 13.0 Å². The molecule has 3 N–H and O–H groups in total. The number of benzene rings is 1. The van der Waals surface area contributed by atoms with Crippen LogP contribution in [0.15, 0.2) is 18.2 Å². The highest BCUT2D eigenvalue weighted by atomic mass is 16.5. The van der Waals surface area contributed by atoms with Crippen LogP contribution in [0, 0.1) is 0 Å². The number of anilines is 1. The third-order valence-corrected chi connectivity index (χ3v) is 3.40. The van der Waals surface area contributed by atoms with Crippen LogP contribution in [0.5, 0.6) is 5.75 Å².